The molecule has 1 aromatic carbocycles. The number of hydrogen-bond acceptors (Lipinski definition) is 5. The zero-order chi connectivity index (χ0) is 23.1. The number of hydrogen-bond donors (Lipinski definition) is 2. The van der Waals surface area contributed by atoms with E-state index in [1.165, 1.54) is 18.2 Å². The van der Waals surface area contributed by atoms with Gasteiger partial charge in [0.1, 0.15) is 11.7 Å². The predicted molar refractivity (Wildman–Crippen MR) is 121 cm³/mol. The van der Waals surface area contributed by atoms with Crippen molar-refractivity contribution in [3.63, 3.8) is 0 Å². The van der Waals surface area contributed by atoms with Crippen molar-refractivity contribution in [2.45, 2.75) is 32.2 Å². The number of H-pyrrole nitrogens is 1. The molecule has 2 N–H and O–H groups in total. The number of nitrogens with zero attached hydrogens (tertiary/aromatic N) is 3. The van der Waals surface area contributed by atoms with Gasteiger partial charge in [-0.2, -0.15) is 14.5 Å². The number of urea groups is 1. The van der Waals surface area contributed by atoms with Crippen LogP contribution in [0.3, 0.4) is 0 Å². The highest BCUT2D eigenvalue weighted by Gasteiger charge is 2.42. The molecule has 1 atom stereocenters. The molecule has 0 saturated carbocycles. The van der Waals surface area contributed by atoms with Gasteiger partial charge in [-0.3, -0.25) is 4.79 Å². The van der Waals surface area contributed by atoms with Gasteiger partial charge in [0.25, 0.3) is 5.56 Å². The van der Waals surface area contributed by atoms with Gasteiger partial charge in [0.05, 0.1) is 17.3 Å². The summed E-state index contributed by atoms with van der Waals surface area (Å²) in [6, 6.07) is 6.85. The first-order valence-corrected chi connectivity index (χ1v) is 10.9. The number of pyridine rings is 1. The number of aromatic amines is 1. The Morgan fingerprint density at radius 3 is 2.97 bits per heavy atom. The predicted octanol–water partition coefficient (Wildman–Crippen LogP) is 4.10. The summed E-state index contributed by atoms with van der Waals surface area (Å²) >= 11 is 6.42. The SMILES string of the molecule is CCOc1ccc(-c2cc(F)c(NC(=O)[N+]3=C4CC[C@@H]3c3n[nH]c(=O)cc3C4)cc2Cl)cn1. The third kappa shape index (κ3) is 3.89. The summed E-state index contributed by atoms with van der Waals surface area (Å²) < 4.78 is 21.9. The second kappa shape index (κ2) is 8.40. The fourth-order valence-electron chi connectivity index (χ4n) is 4.40. The van der Waals surface area contributed by atoms with Crippen LogP contribution in [0.1, 0.15) is 37.1 Å². The smallest absolute Gasteiger partial charge is 0.478 e. The van der Waals surface area contributed by atoms with E-state index in [2.05, 4.69) is 20.5 Å². The van der Waals surface area contributed by atoms with Crippen molar-refractivity contribution < 1.29 is 18.5 Å². The number of aromatic nitrogens is 3. The van der Waals surface area contributed by atoms with Crippen LogP contribution < -0.4 is 15.6 Å². The van der Waals surface area contributed by atoms with Crippen molar-refractivity contribution >= 4 is 29.0 Å². The molecule has 2 aromatic heterocycles. The number of carbonyl (C=O) groups is 1. The lowest BCUT2D eigenvalue weighted by Crippen LogP contribution is -2.36. The lowest BCUT2D eigenvalue weighted by Gasteiger charge is -2.19. The van der Waals surface area contributed by atoms with Gasteiger partial charge in [0, 0.05) is 54.8 Å². The molecule has 0 fully saturated rings. The lowest BCUT2D eigenvalue weighted by molar-refractivity contribution is -0.469. The molecule has 10 heteroatoms. The van der Waals surface area contributed by atoms with Crippen LogP contribution in [0.2, 0.25) is 5.02 Å². The monoisotopic (exact) mass is 468 g/mol. The van der Waals surface area contributed by atoms with Gasteiger partial charge in [-0.05, 0) is 24.6 Å². The topological polar surface area (TPSA) is 100.0 Å². The van der Waals surface area contributed by atoms with Crippen molar-refractivity contribution in [2.75, 3.05) is 11.9 Å². The van der Waals surface area contributed by atoms with E-state index in [1.807, 2.05) is 6.92 Å². The molecule has 2 amide bonds. The average molecular weight is 469 g/mol. The second-order valence-electron chi connectivity index (χ2n) is 7.87. The minimum atomic E-state index is -0.617. The van der Waals surface area contributed by atoms with E-state index in [4.69, 9.17) is 16.3 Å². The Morgan fingerprint density at radius 2 is 2.21 bits per heavy atom. The van der Waals surface area contributed by atoms with E-state index in [-0.39, 0.29) is 22.3 Å². The van der Waals surface area contributed by atoms with Crippen LogP contribution in [-0.4, -0.2) is 38.1 Å². The van der Waals surface area contributed by atoms with E-state index in [0.29, 0.717) is 48.6 Å². The molecule has 0 unspecified atom stereocenters. The molecule has 2 bridgehead atoms. The highest BCUT2D eigenvalue weighted by Crippen LogP contribution is 2.36. The molecule has 168 valence electrons. The molecule has 33 heavy (non-hydrogen) atoms. The van der Waals surface area contributed by atoms with Gasteiger partial charge in [0.2, 0.25) is 5.88 Å². The summed E-state index contributed by atoms with van der Waals surface area (Å²) in [6.07, 6.45) is 3.42. The number of carbonyl (C=O) groups excluding carboxylic acids is 1. The number of ether oxygens (including phenoxy) is 1. The zero-order valence-electron chi connectivity index (χ0n) is 17.7. The molecule has 3 aromatic rings. The number of halogens is 2. The number of nitrogens with one attached hydrogen (secondary N) is 2. The minimum absolute atomic E-state index is 0.0205. The lowest BCUT2D eigenvalue weighted by atomic mass is 10.0. The van der Waals surface area contributed by atoms with Crippen LogP contribution in [0.4, 0.5) is 14.9 Å². The Bertz CT molecular complexity index is 1350. The third-order valence-corrected chi connectivity index (χ3v) is 6.16. The van der Waals surface area contributed by atoms with Crippen molar-refractivity contribution in [1.29, 1.82) is 0 Å². The van der Waals surface area contributed by atoms with Gasteiger partial charge >= 0.3 is 6.03 Å². The molecular weight excluding hydrogens is 449 g/mol. The van der Waals surface area contributed by atoms with E-state index >= 15 is 0 Å². The first-order chi connectivity index (χ1) is 15.9. The maximum absolute atomic E-state index is 14.9. The largest absolute Gasteiger partial charge is 0.496 e. The maximum Gasteiger partial charge on any atom is 0.496 e. The Morgan fingerprint density at radius 1 is 1.36 bits per heavy atom. The van der Waals surface area contributed by atoms with Crippen LogP contribution in [0.25, 0.3) is 11.1 Å². The molecule has 2 aliphatic rings. The Kier molecular flexibility index (Phi) is 5.41. The number of fused-ring (bicyclic) bond motifs is 3. The van der Waals surface area contributed by atoms with Gasteiger partial charge < -0.3 is 4.74 Å². The van der Waals surface area contributed by atoms with E-state index < -0.39 is 11.8 Å². The summed E-state index contributed by atoms with van der Waals surface area (Å²) in [5, 5.41) is 9.50. The summed E-state index contributed by atoms with van der Waals surface area (Å²) in [4.78, 5) is 28.9. The highest BCUT2D eigenvalue weighted by molar-refractivity contribution is 6.33. The molecule has 0 radical (unpaired) electrons. The average Bonchev–Trinajstić information content (AvgIpc) is 3.12. The van der Waals surface area contributed by atoms with Crippen LogP contribution >= 0.6 is 11.6 Å². The van der Waals surface area contributed by atoms with E-state index in [1.54, 1.807) is 22.9 Å². The first kappa shape index (κ1) is 21.3. The van der Waals surface area contributed by atoms with Crippen LogP contribution in [0.5, 0.6) is 5.88 Å². The fraction of sp³-hybridized carbons (Fsp3) is 0.261. The molecule has 0 spiro atoms. The Balaban J connectivity index is 1.40. The van der Waals surface area contributed by atoms with E-state index in [0.717, 1.165) is 11.3 Å². The number of rotatable bonds is 4. The second-order valence-corrected chi connectivity index (χ2v) is 8.28. The summed E-state index contributed by atoms with van der Waals surface area (Å²) in [6.45, 7) is 2.35. The third-order valence-electron chi connectivity index (χ3n) is 5.85. The summed E-state index contributed by atoms with van der Waals surface area (Å²) in [5.74, 6) is -0.149. The number of benzene rings is 1. The molecule has 0 aliphatic carbocycles. The Labute approximate surface area is 193 Å². The number of anilines is 1. The zero-order valence-corrected chi connectivity index (χ0v) is 18.4. The quantitative estimate of drug-likeness (QED) is 0.561. The minimum Gasteiger partial charge on any atom is -0.478 e. The van der Waals surface area contributed by atoms with Crippen molar-refractivity contribution in [3.05, 3.63) is 69.0 Å². The molecular formula is C23H20ClFN5O3+. The van der Waals surface area contributed by atoms with Crippen molar-refractivity contribution in [1.82, 2.24) is 15.2 Å². The summed E-state index contributed by atoms with van der Waals surface area (Å²) in [7, 11) is 0. The van der Waals surface area contributed by atoms with Gasteiger partial charge in [-0.25, -0.2) is 19.8 Å². The summed E-state index contributed by atoms with van der Waals surface area (Å²) in [5.41, 5.74) is 3.16. The van der Waals surface area contributed by atoms with Gasteiger partial charge in [0.15, 0.2) is 11.5 Å². The molecule has 4 heterocycles. The fourth-order valence-corrected chi connectivity index (χ4v) is 4.68. The van der Waals surface area contributed by atoms with Gasteiger partial charge in [-0.15, -0.1) is 0 Å². The first-order valence-electron chi connectivity index (χ1n) is 10.6. The highest BCUT2D eigenvalue weighted by atomic mass is 35.5. The molecule has 0 saturated heterocycles. The maximum atomic E-state index is 14.9. The number of amides is 2. The molecule has 5 rings (SSSR count). The van der Waals surface area contributed by atoms with Crippen LogP contribution in [0.15, 0.2) is 41.3 Å². The van der Waals surface area contributed by atoms with E-state index in [9.17, 15) is 14.0 Å². The normalized spacial score (nSPS) is 16.5. The van der Waals surface area contributed by atoms with Crippen molar-refractivity contribution in [2.24, 2.45) is 0 Å². The van der Waals surface area contributed by atoms with Crippen LogP contribution in [-0.2, 0) is 6.42 Å². The molecule has 2 aliphatic heterocycles. The van der Waals surface area contributed by atoms with Crippen molar-refractivity contribution in [3.8, 4) is 17.0 Å². The van der Waals surface area contributed by atoms with Crippen LogP contribution in [0, 0.1) is 5.82 Å². The Hall–Kier alpha value is -3.59. The standard InChI is InChI=1S/C23H19ClFN5O3/c1-2-33-21-6-3-12(11-26-21)15-9-17(25)18(10-16(15)24)27-23(32)30-14-4-5-19(30)22-13(7-14)8-20(31)28-29-22/h3,6,8-11,19H,2,4-5,7H2,1H3,(H-,27,28,31,32)/p+1/t19-/m1/s1. The molecule has 8 nitrogen and oxygen atoms in total. The van der Waals surface area contributed by atoms with Gasteiger partial charge in [-0.1, -0.05) is 11.6 Å².